The number of nitrogens with zero attached hydrogens (tertiary/aromatic N) is 3. The highest BCUT2D eigenvalue weighted by molar-refractivity contribution is 5.45. The van der Waals surface area contributed by atoms with Crippen molar-refractivity contribution in [2.45, 2.75) is 32.7 Å². The van der Waals surface area contributed by atoms with E-state index in [1.165, 1.54) is 6.26 Å². The smallest absolute Gasteiger partial charge is 0.228 e. The highest BCUT2D eigenvalue weighted by Gasteiger charge is 2.14. The third kappa shape index (κ3) is 2.71. The lowest BCUT2D eigenvalue weighted by molar-refractivity contribution is 0.359. The van der Waals surface area contributed by atoms with Crippen LogP contribution in [-0.2, 0) is 6.42 Å². The summed E-state index contributed by atoms with van der Waals surface area (Å²) in [4.78, 5) is 8.44. The van der Waals surface area contributed by atoms with Gasteiger partial charge in [0.05, 0.1) is 0 Å². The molecule has 0 spiro atoms. The molecule has 0 fully saturated rings. The number of aryl methyl sites for hydroxylation is 1. The van der Waals surface area contributed by atoms with Crippen LogP contribution in [0.1, 0.15) is 25.1 Å². The third-order valence-electron chi connectivity index (χ3n) is 2.64. The first-order chi connectivity index (χ1) is 8.22. The van der Waals surface area contributed by atoms with Crippen LogP contribution in [0.4, 0.5) is 0 Å². The maximum atomic E-state index is 5.18. The molecule has 92 valence electrons. The molecule has 0 aliphatic rings. The molecule has 0 aliphatic carbocycles. The summed E-state index contributed by atoms with van der Waals surface area (Å²) in [5.41, 5.74) is 0.606. The maximum absolute atomic E-state index is 5.18. The minimum absolute atomic E-state index is 0.349. The number of rotatable bonds is 5. The average molecular weight is 236 g/mol. The van der Waals surface area contributed by atoms with E-state index in [9.17, 15) is 0 Å². The Bertz CT molecular complexity index is 473. The van der Waals surface area contributed by atoms with Gasteiger partial charge in [-0.3, -0.25) is 0 Å². The third-order valence-corrected chi connectivity index (χ3v) is 2.64. The predicted molar refractivity (Wildman–Crippen MR) is 61.4 cm³/mol. The first-order valence-corrected chi connectivity index (χ1v) is 5.65. The van der Waals surface area contributed by atoms with Crippen LogP contribution in [0, 0.1) is 6.92 Å². The van der Waals surface area contributed by atoms with Gasteiger partial charge in [-0.2, -0.15) is 4.98 Å². The molecule has 0 saturated carbocycles. The van der Waals surface area contributed by atoms with Crippen molar-refractivity contribution >= 4 is 0 Å². The van der Waals surface area contributed by atoms with E-state index in [0.717, 1.165) is 12.8 Å². The summed E-state index contributed by atoms with van der Waals surface area (Å²) in [6.07, 6.45) is 3.26. The van der Waals surface area contributed by atoms with E-state index >= 15 is 0 Å². The van der Waals surface area contributed by atoms with Crippen LogP contribution in [0.25, 0.3) is 11.5 Å². The van der Waals surface area contributed by atoms with Crippen molar-refractivity contribution in [1.29, 1.82) is 0 Å². The first-order valence-electron chi connectivity index (χ1n) is 5.65. The molecule has 0 aliphatic heterocycles. The number of hydrogen-bond donors (Lipinski definition) is 1. The van der Waals surface area contributed by atoms with E-state index in [4.69, 9.17) is 8.94 Å². The Morgan fingerprint density at radius 3 is 2.82 bits per heavy atom. The number of aromatic nitrogens is 3. The zero-order chi connectivity index (χ0) is 12.3. The second kappa shape index (κ2) is 5.09. The fraction of sp³-hybridized carbons (Fsp3) is 0.545. The van der Waals surface area contributed by atoms with E-state index in [0.29, 0.717) is 29.3 Å². The van der Waals surface area contributed by atoms with E-state index in [1.807, 2.05) is 7.05 Å². The predicted octanol–water partition coefficient (Wildman–Crippen LogP) is 1.57. The van der Waals surface area contributed by atoms with Gasteiger partial charge in [0.1, 0.15) is 12.0 Å². The van der Waals surface area contributed by atoms with Gasteiger partial charge in [0, 0.05) is 19.4 Å². The molecule has 6 heteroatoms. The summed E-state index contributed by atoms with van der Waals surface area (Å²) in [7, 11) is 1.92. The molecule has 17 heavy (non-hydrogen) atoms. The van der Waals surface area contributed by atoms with Gasteiger partial charge >= 0.3 is 0 Å². The Kier molecular flexibility index (Phi) is 3.53. The summed E-state index contributed by atoms with van der Waals surface area (Å²) in [6.45, 7) is 3.89. The van der Waals surface area contributed by atoms with Crippen molar-refractivity contribution in [3.05, 3.63) is 18.0 Å². The second-order valence-corrected chi connectivity index (χ2v) is 3.86. The van der Waals surface area contributed by atoms with Crippen LogP contribution in [0.3, 0.4) is 0 Å². The Morgan fingerprint density at radius 2 is 2.24 bits per heavy atom. The molecule has 1 N–H and O–H groups in total. The summed E-state index contributed by atoms with van der Waals surface area (Å²) in [5.74, 6) is 1.68. The van der Waals surface area contributed by atoms with E-state index in [-0.39, 0.29) is 0 Å². The second-order valence-electron chi connectivity index (χ2n) is 3.86. The maximum Gasteiger partial charge on any atom is 0.228 e. The standard InChI is InChI=1S/C11H16N4O2/c1-4-8(12-3)5-10-14-11(15-17-10)9-6-16-7(2)13-9/h6,8,12H,4-5H2,1-3H3. The molecule has 0 aromatic carbocycles. The van der Waals surface area contributed by atoms with Crippen molar-refractivity contribution in [3.63, 3.8) is 0 Å². The lowest BCUT2D eigenvalue weighted by Crippen LogP contribution is -2.26. The molecule has 2 aromatic heterocycles. The fourth-order valence-electron chi connectivity index (χ4n) is 1.57. The van der Waals surface area contributed by atoms with Gasteiger partial charge in [0.2, 0.25) is 11.7 Å². The summed E-state index contributed by atoms with van der Waals surface area (Å²) in [6, 6.07) is 0.349. The Labute approximate surface area is 99.4 Å². The zero-order valence-electron chi connectivity index (χ0n) is 10.2. The normalized spacial score (nSPS) is 12.9. The summed E-state index contributed by atoms with van der Waals surface area (Å²) < 4.78 is 10.3. The van der Waals surface area contributed by atoms with Crippen molar-refractivity contribution in [2.75, 3.05) is 7.05 Å². The van der Waals surface area contributed by atoms with E-state index in [2.05, 4.69) is 27.4 Å². The van der Waals surface area contributed by atoms with Crippen molar-refractivity contribution in [1.82, 2.24) is 20.4 Å². The molecule has 2 aromatic rings. The fourth-order valence-corrected chi connectivity index (χ4v) is 1.57. The molecule has 0 saturated heterocycles. The van der Waals surface area contributed by atoms with E-state index in [1.54, 1.807) is 6.92 Å². The van der Waals surface area contributed by atoms with Gasteiger partial charge < -0.3 is 14.3 Å². The summed E-state index contributed by atoms with van der Waals surface area (Å²) >= 11 is 0. The molecule has 0 amide bonds. The molecule has 0 bridgehead atoms. The number of hydrogen-bond acceptors (Lipinski definition) is 6. The molecular weight excluding hydrogens is 220 g/mol. The topological polar surface area (TPSA) is 77.0 Å². The monoisotopic (exact) mass is 236 g/mol. The number of oxazole rings is 1. The number of nitrogens with one attached hydrogen (secondary N) is 1. The molecule has 2 heterocycles. The van der Waals surface area contributed by atoms with Gasteiger partial charge in [-0.1, -0.05) is 12.1 Å². The van der Waals surface area contributed by atoms with Crippen LogP contribution < -0.4 is 5.32 Å². The lowest BCUT2D eigenvalue weighted by Gasteiger charge is -2.09. The Hall–Kier alpha value is -1.69. The van der Waals surface area contributed by atoms with Crippen LogP contribution >= 0.6 is 0 Å². The molecule has 1 atom stereocenters. The SMILES string of the molecule is CCC(Cc1nc(-c2coc(C)n2)no1)NC. The largest absolute Gasteiger partial charge is 0.449 e. The van der Waals surface area contributed by atoms with Crippen molar-refractivity contribution < 1.29 is 8.94 Å². The first kappa shape index (κ1) is 11.8. The van der Waals surface area contributed by atoms with Crippen LogP contribution in [0.15, 0.2) is 15.2 Å². The minimum Gasteiger partial charge on any atom is -0.449 e. The highest BCUT2D eigenvalue weighted by Crippen LogP contribution is 2.15. The van der Waals surface area contributed by atoms with E-state index < -0.39 is 0 Å². The molecule has 1 unspecified atom stereocenters. The van der Waals surface area contributed by atoms with Gasteiger partial charge in [-0.25, -0.2) is 4.98 Å². The van der Waals surface area contributed by atoms with Gasteiger partial charge in [-0.05, 0) is 13.5 Å². The Balaban J connectivity index is 2.10. The van der Waals surface area contributed by atoms with Crippen LogP contribution in [-0.4, -0.2) is 28.2 Å². The van der Waals surface area contributed by atoms with Crippen molar-refractivity contribution in [2.24, 2.45) is 0 Å². The van der Waals surface area contributed by atoms with Crippen LogP contribution in [0.2, 0.25) is 0 Å². The Morgan fingerprint density at radius 1 is 1.41 bits per heavy atom. The van der Waals surface area contributed by atoms with Gasteiger partial charge in [-0.15, -0.1) is 0 Å². The molecular formula is C11H16N4O2. The van der Waals surface area contributed by atoms with Gasteiger partial charge in [0.15, 0.2) is 5.89 Å². The lowest BCUT2D eigenvalue weighted by atomic mass is 10.1. The van der Waals surface area contributed by atoms with Gasteiger partial charge in [0.25, 0.3) is 0 Å². The zero-order valence-corrected chi connectivity index (χ0v) is 10.2. The van der Waals surface area contributed by atoms with Crippen molar-refractivity contribution in [3.8, 4) is 11.5 Å². The summed E-state index contributed by atoms with van der Waals surface area (Å²) in [5, 5.41) is 7.08. The molecule has 2 rings (SSSR count). The minimum atomic E-state index is 0.349. The van der Waals surface area contributed by atoms with Crippen LogP contribution in [0.5, 0.6) is 0 Å². The molecule has 0 radical (unpaired) electrons. The molecule has 6 nitrogen and oxygen atoms in total. The number of likely N-dealkylation sites (N-methyl/N-ethyl adjacent to an activating group) is 1. The quantitative estimate of drug-likeness (QED) is 0.849. The average Bonchev–Trinajstić information content (AvgIpc) is 2.94. The highest BCUT2D eigenvalue weighted by atomic mass is 16.5.